The number of hydrogen-bond donors (Lipinski definition) is 1. The normalized spacial score (nSPS) is 10.1. The lowest BCUT2D eigenvalue weighted by Gasteiger charge is -2.18. The molecule has 2 aromatic carbocycles. The van der Waals surface area contributed by atoms with Crippen molar-refractivity contribution in [3.05, 3.63) is 71.8 Å². The third kappa shape index (κ3) is 4.34. The molecule has 5 nitrogen and oxygen atoms in total. The zero-order valence-electron chi connectivity index (χ0n) is 12.2. The summed E-state index contributed by atoms with van der Waals surface area (Å²) in [7, 11) is 0. The maximum atomic E-state index is 11.9. The van der Waals surface area contributed by atoms with Crippen LogP contribution in [0.3, 0.4) is 0 Å². The number of hydrogen-bond acceptors (Lipinski definition) is 4. The van der Waals surface area contributed by atoms with Crippen LogP contribution < -0.4 is 5.32 Å². The Kier molecular flexibility index (Phi) is 5.54. The lowest BCUT2D eigenvalue weighted by molar-refractivity contribution is 0.107. The summed E-state index contributed by atoms with van der Waals surface area (Å²) in [5, 5.41) is 2.03. The van der Waals surface area contributed by atoms with Crippen LogP contribution in [0.15, 0.2) is 60.7 Å². The van der Waals surface area contributed by atoms with Crippen LogP contribution in [-0.2, 0) is 9.47 Å². The molecule has 5 heteroatoms. The largest absolute Gasteiger partial charge is 0.449 e. The van der Waals surface area contributed by atoms with Crippen LogP contribution in [0.1, 0.15) is 24.2 Å². The zero-order valence-corrected chi connectivity index (χ0v) is 12.2. The molecule has 0 fully saturated rings. The molecule has 0 bridgehead atoms. The Morgan fingerprint density at radius 3 is 1.86 bits per heavy atom. The van der Waals surface area contributed by atoms with Crippen LogP contribution in [0.4, 0.5) is 9.59 Å². The predicted octanol–water partition coefficient (Wildman–Crippen LogP) is 3.66. The van der Waals surface area contributed by atoms with Crippen molar-refractivity contribution in [1.29, 1.82) is 0 Å². The number of carbonyl (C=O) groups is 2. The van der Waals surface area contributed by atoms with Gasteiger partial charge in [-0.2, -0.15) is 0 Å². The molecule has 0 aliphatic carbocycles. The summed E-state index contributed by atoms with van der Waals surface area (Å²) in [6.45, 7) is 1.83. The fraction of sp³-hybridized carbons (Fsp3) is 0.176. The highest BCUT2D eigenvalue weighted by Gasteiger charge is 2.20. The van der Waals surface area contributed by atoms with E-state index in [0.29, 0.717) is 0 Å². The van der Waals surface area contributed by atoms with Crippen LogP contribution in [0.2, 0.25) is 0 Å². The van der Waals surface area contributed by atoms with Crippen molar-refractivity contribution in [3.8, 4) is 0 Å². The van der Waals surface area contributed by atoms with E-state index in [9.17, 15) is 9.59 Å². The van der Waals surface area contributed by atoms with Gasteiger partial charge in [0.25, 0.3) is 0 Å². The quantitative estimate of drug-likeness (QED) is 0.935. The van der Waals surface area contributed by atoms with Gasteiger partial charge < -0.3 is 9.47 Å². The summed E-state index contributed by atoms with van der Waals surface area (Å²) in [6.07, 6.45) is -2.28. The fourth-order valence-electron chi connectivity index (χ4n) is 1.97. The zero-order chi connectivity index (χ0) is 15.8. The topological polar surface area (TPSA) is 64.6 Å². The molecule has 0 radical (unpaired) electrons. The Labute approximate surface area is 128 Å². The lowest BCUT2D eigenvalue weighted by Crippen LogP contribution is -2.32. The smallest absolute Gasteiger partial charge is 0.417 e. The van der Waals surface area contributed by atoms with E-state index < -0.39 is 18.3 Å². The summed E-state index contributed by atoms with van der Waals surface area (Å²) in [6, 6.07) is 18.6. The average molecular weight is 299 g/mol. The number of benzene rings is 2. The first-order valence-electron chi connectivity index (χ1n) is 6.95. The molecule has 0 spiro atoms. The first-order valence-corrected chi connectivity index (χ1v) is 6.95. The molecule has 0 saturated heterocycles. The van der Waals surface area contributed by atoms with Crippen LogP contribution in [0, 0.1) is 0 Å². The molecular weight excluding hydrogens is 282 g/mol. The molecule has 2 amide bonds. The molecule has 0 saturated carbocycles. The summed E-state index contributed by atoms with van der Waals surface area (Å²) < 4.78 is 10.0. The molecule has 22 heavy (non-hydrogen) atoms. The minimum Gasteiger partial charge on any atom is -0.449 e. The van der Waals surface area contributed by atoms with E-state index in [2.05, 4.69) is 4.74 Å². The van der Waals surface area contributed by atoms with Gasteiger partial charge in [0.05, 0.1) is 6.61 Å². The van der Waals surface area contributed by atoms with Gasteiger partial charge in [0, 0.05) is 0 Å². The Morgan fingerprint density at radius 2 is 1.41 bits per heavy atom. The highest BCUT2D eigenvalue weighted by Crippen LogP contribution is 2.25. The highest BCUT2D eigenvalue weighted by molar-refractivity contribution is 5.87. The van der Waals surface area contributed by atoms with Gasteiger partial charge in [0.1, 0.15) is 0 Å². The van der Waals surface area contributed by atoms with E-state index in [4.69, 9.17) is 4.74 Å². The molecule has 0 unspecified atom stereocenters. The molecule has 0 atom stereocenters. The molecular formula is C17H17NO4. The predicted molar refractivity (Wildman–Crippen MR) is 81.4 cm³/mol. The standard InChI is InChI=1S/C17H17NO4/c1-2-21-16(19)18-17(20)22-15(13-9-5-3-6-10-13)14-11-7-4-8-12-14/h3-12,15H,2H2,1H3,(H,18,19,20). The summed E-state index contributed by atoms with van der Waals surface area (Å²) >= 11 is 0. The highest BCUT2D eigenvalue weighted by atomic mass is 16.6. The first-order chi connectivity index (χ1) is 10.7. The molecule has 114 valence electrons. The monoisotopic (exact) mass is 299 g/mol. The number of imide groups is 1. The molecule has 0 aliphatic heterocycles. The first kappa shape index (κ1) is 15.6. The second-order valence-electron chi connectivity index (χ2n) is 4.45. The number of nitrogens with one attached hydrogen (secondary N) is 1. The molecule has 2 rings (SSSR count). The van der Waals surface area contributed by atoms with Crippen molar-refractivity contribution < 1.29 is 19.1 Å². The summed E-state index contributed by atoms with van der Waals surface area (Å²) in [5.41, 5.74) is 1.63. The van der Waals surface area contributed by atoms with E-state index in [1.54, 1.807) is 6.92 Å². The lowest BCUT2D eigenvalue weighted by atomic mass is 10.0. The molecule has 0 aliphatic rings. The number of ether oxygens (including phenoxy) is 2. The molecule has 2 aromatic rings. The minimum atomic E-state index is -0.851. The maximum Gasteiger partial charge on any atom is 0.417 e. The maximum absolute atomic E-state index is 11.9. The SMILES string of the molecule is CCOC(=O)NC(=O)OC(c1ccccc1)c1ccccc1. The van der Waals surface area contributed by atoms with E-state index in [1.165, 1.54) is 0 Å². The van der Waals surface area contributed by atoms with Gasteiger partial charge in [0.15, 0.2) is 6.10 Å². The van der Waals surface area contributed by atoms with Crippen molar-refractivity contribution in [2.75, 3.05) is 6.61 Å². The van der Waals surface area contributed by atoms with Crippen molar-refractivity contribution in [2.45, 2.75) is 13.0 Å². The van der Waals surface area contributed by atoms with Gasteiger partial charge in [-0.15, -0.1) is 0 Å². The molecule has 1 N–H and O–H groups in total. The van der Waals surface area contributed by atoms with Crippen molar-refractivity contribution in [1.82, 2.24) is 5.32 Å². The van der Waals surface area contributed by atoms with Crippen molar-refractivity contribution in [2.24, 2.45) is 0 Å². The Balaban J connectivity index is 2.16. The van der Waals surface area contributed by atoms with Gasteiger partial charge in [-0.05, 0) is 18.1 Å². The van der Waals surface area contributed by atoms with Gasteiger partial charge >= 0.3 is 12.2 Å². The summed E-state index contributed by atoms with van der Waals surface area (Å²) in [4.78, 5) is 23.1. The molecule has 0 heterocycles. The van der Waals surface area contributed by atoms with Crippen LogP contribution in [0.25, 0.3) is 0 Å². The van der Waals surface area contributed by atoms with Crippen LogP contribution in [0.5, 0.6) is 0 Å². The van der Waals surface area contributed by atoms with Gasteiger partial charge in [-0.25, -0.2) is 14.9 Å². The third-order valence-electron chi connectivity index (χ3n) is 2.91. The number of alkyl carbamates (subject to hydrolysis) is 2. The van der Waals surface area contributed by atoms with E-state index >= 15 is 0 Å². The van der Waals surface area contributed by atoms with E-state index in [0.717, 1.165) is 11.1 Å². The number of rotatable bonds is 4. The molecule has 0 aromatic heterocycles. The fourth-order valence-corrected chi connectivity index (χ4v) is 1.97. The second-order valence-corrected chi connectivity index (χ2v) is 4.45. The average Bonchev–Trinajstić information content (AvgIpc) is 2.54. The van der Waals surface area contributed by atoms with Crippen LogP contribution in [-0.4, -0.2) is 18.8 Å². The van der Waals surface area contributed by atoms with Gasteiger partial charge in [-0.1, -0.05) is 60.7 Å². The second kappa shape index (κ2) is 7.83. The van der Waals surface area contributed by atoms with Gasteiger partial charge in [0.2, 0.25) is 0 Å². The Morgan fingerprint density at radius 1 is 0.909 bits per heavy atom. The van der Waals surface area contributed by atoms with E-state index in [1.807, 2.05) is 66.0 Å². The summed E-state index contributed by atoms with van der Waals surface area (Å²) in [5.74, 6) is 0. The third-order valence-corrected chi connectivity index (χ3v) is 2.91. The number of amides is 2. The van der Waals surface area contributed by atoms with Crippen LogP contribution >= 0.6 is 0 Å². The van der Waals surface area contributed by atoms with Crippen molar-refractivity contribution >= 4 is 12.2 Å². The Hall–Kier alpha value is -2.82. The Bertz CT molecular complexity index is 574. The van der Waals surface area contributed by atoms with E-state index in [-0.39, 0.29) is 6.61 Å². The van der Waals surface area contributed by atoms with Gasteiger partial charge in [-0.3, -0.25) is 0 Å². The van der Waals surface area contributed by atoms with Crippen molar-refractivity contribution in [3.63, 3.8) is 0 Å². The number of carbonyl (C=O) groups excluding carboxylic acids is 2. The minimum absolute atomic E-state index is 0.180.